The van der Waals surface area contributed by atoms with Gasteiger partial charge in [0, 0.05) is 55.4 Å². The Labute approximate surface area is 431 Å². The maximum Gasteiger partial charge on any atom is 0.273 e. The number of nitrogens with one attached hydrogen (secondary N) is 2. The van der Waals surface area contributed by atoms with Gasteiger partial charge in [0.2, 0.25) is 11.8 Å². The topological polar surface area (TPSA) is 294 Å². The number of nitrogens with zero attached hydrogens (tertiary/aromatic N) is 6. The Kier molecular flexibility index (Phi) is 31.2. The van der Waals surface area contributed by atoms with Gasteiger partial charge in [0.25, 0.3) is 17.7 Å². The number of pyridine rings is 1. The number of hydroxylamine groups is 2. The number of fused-ring (bicyclic) bond motifs is 1. The summed E-state index contributed by atoms with van der Waals surface area (Å²) >= 11 is 0. The van der Waals surface area contributed by atoms with E-state index in [1.807, 2.05) is 13.8 Å². The van der Waals surface area contributed by atoms with Crippen molar-refractivity contribution in [3.05, 3.63) is 53.5 Å². The van der Waals surface area contributed by atoms with Crippen LogP contribution in [0.3, 0.4) is 0 Å². The van der Waals surface area contributed by atoms with Crippen LogP contribution in [0.4, 0.5) is 5.69 Å². The third-order valence-corrected chi connectivity index (χ3v) is 10.1. The number of amides is 5. The van der Waals surface area contributed by atoms with Gasteiger partial charge in [-0.2, -0.15) is 10.2 Å². The molecular formula is C49H73N9O16. The molecule has 410 valence electrons. The molecule has 2 aromatic heterocycles. The number of carbonyl (C=O) groups excluding carboxylic acids is 5. The van der Waals surface area contributed by atoms with Gasteiger partial charge in [-0.1, -0.05) is 6.92 Å². The van der Waals surface area contributed by atoms with Gasteiger partial charge in [-0.25, -0.2) is 10.1 Å². The number of imide groups is 1. The number of rotatable bonds is 43. The van der Waals surface area contributed by atoms with Crippen LogP contribution in [0, 0.1) is 0 Å². The highest BCUT2D eigenvalue weighted by atomic mass is 16.7. The van der Waals surface area contributed by atoms with Gasteiger partial charge in [0.15, 0.2) is 0 Å². The minimum absolute atomic E-state index is 0.168. The molecule has 2 aliphatic heterocycles. The lowest BCUT2D eigenvalue weighted by Gasteiger charge is -2.21. The third-order valence-electron chi connectivity index (χ3n) is 10.1. The Balaban J connectivity index is 0.848. The standard InChI is InChI=1S/C49H73N9O16/c1-3-11-58(74-4-2)49(63)38-32-42-43(54-44(50)34-38)33-39(35-52-42)41-6-5-40(55-56-41)36-53-45(59)9-12-64-14-16-66-18-20-68-22-24-70-26-28-72-30-31-73-29-27-71-25-23-69-21-19-67-17-15-65-13-10-51-46(60)37-57-47(61)7-8-48(57)62/h5-8,32-33,35H,3-4,9-31,34,36-37H2,1-2H3,(H2,50,54)(H,51,60)(H,53,59). The van der Waals surface area contributed by atoms with Crippen molar-refractivity contribution in [2.75, 3.05) is 158 Å². The lowest BCUT2D eigenvalue weighted by Crippen LogP contribution is -2.41. The Morgan fingerprint density at radius 2 is 1.18 bits per heavy atom. The molecule has 25 heteroatoms. The van der Waals surface area contributed by atoms with Gasteiger partial charge in [-0.15, -0.1) is 0 Å². The van der Waals surface area contributed by atoms with Crippen molar-refractivity contribution in [2.24, 2.45) is 10.7 Å². The maximum atomic E-state index is 13.2. The second-order valence-corrected chi connectivity index (χ2v) is 15.9. The number of ether oxygens (including phenoxy) is 10. The molecule has 4 heterocycles. The average molecular weight is 1040 g/mol. The van der Waals surface area contributed by atoms with E-state index in [4.69, 9.17) is 57.9 Å². The van der Waals surface area contributed by atoms with Crippen molar-refractivity contribution in [1.82, 2.24) is 35.8 Å². The molecule has 4 rings (SSSR count). The second-order valence-electron chi connectivity index (χ2n) is 15.9. The highest BCUT2D eigenvalue weighted by Crippen LogP contribution is 2.29. The van der Waals surface area contributed by atoms with Crippen molar-refractivity contribution in [3.63, 3.8) is 0 Å². The summed E-state index contributed by atoms with van der Waals surface area (Å²) in [5, 5.41) is 15.3. The molecule has 0 aliphatic carbocycles. The molecule has 2 aliphatic rings. The van der Waals surface area contributed by atoms with E-state index in [-0.39, 0.29) is 63.3 Å². The molecule has 4 N–H and O–H groups in total. The van der Waals surface area contributed by atoms with Gasteiger partial charge < -0.3 is 63.7 Å². The van der Waals surface area contributed by atoms with Crippen molar-refractivity contribution in [1.29, 1.82) is 0 Å². The second kappa shape index (κ2) is 37.9. The lowest BCUT2D eigenvalue weighted by atomic mass is 10.1. The minimum Gasteiger partial charge on any atom is -0.387 e. The average Bonchev–Trinajstić information content (AvgIpc) is 3.60. The number of hydrogen-bond donors (Lipinski definition) is 3. The minimum atomic E-state index is -0.500. The van der Waals surface area contributed by atoms with Gasteiger partial charge in [0.05, 0.1) is 168 Å². The van der Waals surface area contributed by atoms with E-state index in [1.54, 1.807) is 30.5 Å². The van der Waals surface area contributed by atoms with Gasteiger partial charge in [-0.05, 0) is 37.6 Å². The zero-order valence-electron chi connectivity index (χ0n) is 42.6. The van der Waals surface area contributed by atoms with E-state index in [0.717, 1.165) is 23.5 Å². The molecular weight excluding hydrogens is 971 g/mol. The van der Waals surface area contributed by atoms with E-state index in [2.05, 4.69) is 30.8 Å². The summed E-state index contributed by atoms with van der Waals surface area (Å²) in [5.74, 6) is -1.61. The summed E-state index contributed by atoms with van der Waals surface area (Å²) in [7, 11) is 0. The maximum absolute atomic E-state index is 13.2. The fourth-order valence-electron chi connectivity index (χ4n) is 6.47. The largest absolute Gasteiger partial charge is 0.387 e. The van der Waals surface area contributed by atoms with Gasteiger partial charge >= 0.3 is 0 Å². The monoisotopic (exact) mass is 1040 g/mol. The van der Waals surface area contributed by atoms with Crippen molar-refractivity contribution >= 4 is 47.1 Å². The predicted octanol–water partition coefficient (Wildman–Crippen LogP) is 0.718. The molecule has 0 bridgehead atoms. The summed E-state index contributed by atoms with van der Waals surface area (Å²) in [6, 6.07) is 5.35. The highest BCUT2D eigenvalue weighted by Gasteiger charge is 2.26. The number of aliphatic imine (C=N–C) groups is 1. The highest BCUT2D eigenvalue weighted by molar-refractivity contribution is 6.14. The smallest absolute Gasteiger partial charge is 0.273 e. The normalized spacial score (nSPS) is 13.2. The molecule has 0 atom stereocenters. The number of nitrogens with two attached hydrogens (primary N) is 1. The zero-order valence-corrected chi connectivity index (χ0v) is 42.6. The Morgan fingerprint density at radius 3 is 1.66 bits per heavy atom. The number of amidine groups is 1. The van der Waals surface area contributed by atoms with E-state index >= 15 is 0 Å². The van der Waals surface area contributed by atoms with Crippen LogP contribution in [0.1, 0.15) is 44.5 Å². The summed E-state index contributed by atoms with van der Waals surface area (Å²) < 4.78 is 54.8. The van der Waals surface area contributed by atoms with Crippen molar-refractivity contribution in [2.45, 2.75) is 39.7 Å². The van der Waals surface area contributed by atoms with E-state index in [9.17, 15) is 24.0 Å². The fraction of sp³-hybridized carbons (Fsp3) is 0.612. The van der Waals surface area contributed by atoms with Crippen LogP contribution in [-0.4, -0.2) is 219 Å². The third kappa shape index (κ3) is 25.5. The quantitative estimate of drug-likeness (QED) is 0.0468. The molecule has 0 saturated carbocycles. The van der Waals surface area contributed by atoms with Gasteiger partial charge in [0.1, 0.15) is 12.4 Å². The number of carbonyl (C=O) groups is 5. The van der Waals surface area contributed by atoms with Crippen LogP contribution >= 0.6 is 0 Å². The van der Waals surface area contributed by atoms with Gasteiger partial charge in [-0.3, -0.25) is 38.7 Å². The van der Waals surface area contributed by atoms with Crippen LogP contribution in [0.2, 0.25) is 0 Å². The van der Waals surface area contributed by atoms with Crippen LogP contribution < -0.4 is 16.4 Å². The Bertz CT molecular complexity index is 2050. The zero-order chi connectivity index (χ0) is 52.9. The van der Waals surface area contributed by atoms with E-state index < -0.39 is 17.7 Å². The number of hydrogen-bond acceptors (Lipinski definition) is 21. The molecule has 2 aromatic rings. The van der Waals surface area contributed by atoms with Crippen LogP contribution in [0.15, 0.2) is 47.1 Å². The molecule has 0 aromatic carbocycles. The fourth-order valence-corrected chi connectivity index (χ4v) is 6.47. The first-order valence-electron chi connectivity index (χ1n) is 24.8. The molecule has 74 heavy (non-hydrogen) atoms. The summed E-state index contributed by atoms with van der Waals surface area (Å²) in [5.41, 5.74) is 9.46. The predicted molar refractivity (Wildman–Crippen MR) is 266 cm³/mol. The van der Waals surface area contributed by atoms with Crippen LogP contribution in [-0.2, 0) is 82.7 Å². The molecule has 25 nitrogen and oxygen atoms in total. The summed E-state index contributed by atoms with van der Waals surface area (Å²) in [6.45, 7) is 12.8. The molecule has 0 fully saturated rings. The van der Waals surface area contributed by atoms with Crippen LogP contribution in [0.25, 0.3) is 17.3 Å². The van der Waals surface area contributed by atoms with E-state index in [0.29, 0.717) is 166 Å². The Hall–Kier alpha value is -5.71. The van der Waals surface area contributed by atoms with Crippen molar-refractivity contribution < 1.29 is 76.2 Å². The van der Waals surface area contributed by atoms with Crippen molar-refractivity contribution in [3.8, 4) is 11.3 Å². The van der Waals surface area contributed by atoms with Crippen LogP contribution in [0.5, 0.6) is 0 Å². The Morgan fingerprint density at radius 1 is 0.662 bits per heavy atom. The number of aromatic nitrogens is 3. The molecule has 0 radical (unpaired) electrons. The lowest BCUT2D eigenvalue weighted by molar-refractivity contribution is -0.180. The van der Waals surface area contributed by atoms with E-state index in [1.165, 1.54) is 5.06 Å². The molecule has 0 spiro atoms. The first-order chi connectivity index (χ1) is 36.2. The first-order valence-corrected chi connectivity index (χ1v) is 24.8. The first kappa shape index (κ1) is 60.8. The molecule has 0 unspecified atom stereocenters. The molecule has 0 saturated heterocycles. The SMILES string of the molecule is CCCN(OCC)C(=O)C1=Cc2ncc(-c3ccc(CNC(=O)CCOCCOCCOCCOCCOCCOCCOCCOCCOCCOCCNC(=O)CN4C(=O)C=CC4=O)nn3)cc2N=C(N)C1. The summed E-state index contributed by atoms with van der Waals surface area (Å²) in [6.07, 6.45) is 6.69. The summed E-state index contributed by atoms with van der Waals surface area (Å²) in [4.78, 5) is 75.7. The molecule has 5 amide bonds.